The van der Waals surface area contributed by atoms with Crippen molar-refractivity contribution in [2.75, 3.05) is 6.61 Å². The summed E-state index contributed by atoms with van der Waals surface area (Å²) in [5, 5.41) is 0. The quantitative estimate of drug-likeness (QED) is 0.325. The van der Waals surface area contributed by atoms with Crippen LogP contribution in [0, 0.1) is 17.8 Å². The normalized spacial score (nSPS) is 30.5. The molecule has 0 amide bonds. The Bertz CT molecular complexity index is 297. The van der Waals surface area contributed by atoms with Crippen LogP contribution in [0.25, 0.3) is 0 Å². The van der Waals surface area contributed by atoms with Crippen molar-refractivity contribution in [2.45, 2.75) is 129 Å². The highest BCUT2D eigenvalue weighted by molar-refractivity contribution is 4.82. The molecule has 2 aliphatic carbocycles. The number of unbranched alkanes of at least 4 members (excludes halogenated alkanes) is 6. The van der Waals surface area contributed by atoms with Crippen molar-refractivity contribution in [3.63, 3.8) is 0 Å². The van der Waals surface area contributed by atoms with Gasteiger partial charge in [-0.25, -0.2) is 0 Å². The Kier molecular flexibility index (Phi) is 11.2. The zero-order chi connectivity index (χ0) is 17.7. The van der Waals surface area contributed by atoms with Crippen LogP contribution in [0.5, 0.6) is 0 Å². The van der Waals surface area contributed by atoms with Crippen LogP contribution in [0.2, 0.25) is 0 Å². The highest BCUT2D eigenvalue weighted by atomic mass is 16.5. The van der Waals surface area contributed by atoms with Crippen molar-refractivity contribution in [1.29, 1.82) is 0 Å². The second-order valence-electron chi connectivity index (χ2n) is 9.10. The van der Waals surface area contributed by atoms with Crippen molar-refractivity contribution >= 4 is 0 Å². The second kappa shape index (κ2) is 13.2. The minimum atomic E-state index is 0.588. The highest BCUT2D eigenvalue weighted by Crippen LogP contribution is 2.41. The summed E-state index contributed by atoms with van der Waals surface area (Å²) in [5.74, 6) is 3.15. The standard InChI is InChI=1S/C24H46O/c1-3-5-6-7-8-9-10-11-21-12-14-22(15-13-21)23-16-18-24(19-17-23)25-20-4-2/h21-24H,3-20H2,1-2H3. The molecule has 1 nitrogen and oxygen atoms in total. The average molecular weight is 351 g/mol. The van der Waals surface area contributed by atoms with E-state index < -0.39 is 0 Å². The van der Waals surface area contributed by atoms with Gasteiger partial charge in [0.1, 0.15) is 0 Å². The van der Waals surface area contributed by atoms with E-state index in [2.05, 4.69) is 13.8 Å². The molecule has 1 heteroatoms. The van der Waals surface area contributed by atoms with Gasteiger partial charge in [0.25, 0.3) is 0 Å². The molecule has 148 valence electrons. The van der Waals surface area contributed by atoms with Crippen LogP contribution < -0.4 is 0 Å². The van der Waals surface area contributed by atoms with E-state index in [1.54, 1.807) is 0 Å². The van der Waals surface area contributed by atoms with Crippen LogP contribution >= 0.6 is 0 Å². The van der Waals surface area contributed by atoms with Crippen molar-refractivity contribution in [3.8, 4) is 0 Å². The zero-order valence-electron chi connectivity index (χ0n) is 17.4. The van der Waals surface area contributed by atoms with Crippen molar-refractivity contribution in [1.82, 2.24) is 0 Å². The average Bonchev–Trinajstić information content (AvgIpc) is 2.66. The van der Waals surface area contributed by atoms with Gasteiger partial charge in [-0.1, -0.05) is 78.1 Å². The van der Waals surface area contributed by atoms with Crippen molar-refractivity contribution in [2.24, 2.45) is 17.8 Å². The molecule has 0 aromatic carbocycles. The summed E-state index contributed by atoms with van der Waals surface area (Å²) in [5.41, 5.74) is 0. The van der Waals surface area contributed by atoms with E-state index in [-0.39, 0.29) is 0 Å². The molecule has 0 atom stereocenters. The Morgan fingerprint density at radius 2 is 1.16 bits per heavy atom. The molecule has 0 unspecified atom stereocenters. The molecule has 0 saturated heterocycles. The van der Waals surface area contributed by atoms with E-state index in [9.17, 15) is 0 Å². The first-order chi connectivity index (χ1) is 12.3. The number of ether oxygens (including phenoxy) is 1. The molecule has 25 heavy (non-hydrogen) atoms. The first kappa shape index (κ1) is 21.3. The lowest BCUT2D eigenvalue weighted by Crippen LogP contribution is -2.28. The Balaban J connectivity index is 1.49. The van der Waals surface area contributed by atoms with Gasteiger partial charge in [-0.05, 0) is 62.7 Å². The molecule has 0 aromatic rings. The molecule has 2 aliphatic rings. The summed E-state index contributed by atoms with van der Waals surface area (Å²) in [6, 6.07) is 0. The molecule has 2 saturated carbocycles. The molecule has 2 fully saturated rings. The van der Waals surface area contributed by atoms with E-state index in [0.717, 1.165) is 24.4 Å². The third kappa shape index (κ3) is 8.46. The van der Waals surface area contributed by atoms with E-state index in [1.165, 1.54) is 109 Å². The molecular weight excluding hydrogens is 304 g/mol. The van der Waals surface area contributed by atoms with Crippen LogP contribution in [0.15, 0.2) is 0 Å². The molecule has 0 spiro atoms. The third-order valence-electron chi connectivity index (χ3n) is 7.05. The fraction of sp³-hybridized carbons (Fsp3) is 1.00. The third-order valence-corrected chi connectivity index (χ3v) is 7.05. The van der Waals surface area contributed by atoms with Crippen LogP contribution in [0.1, 0.15) is 123 Å². The molecule has 0 aliphatic heterocycles. The van der Waals surface area contributed by atoms with Gasteiger partial charge in [-0.15, -0.1) is 0 Å². The van der Waals surface area contributed by atoms with Crippen molar-refractivity contribution in [3.05, 3.63) is 0 Å². The van der Waals surface area contributed by atoms with E-state index in [0.29, 0.717) is 6.10 Å². The fourth-order valence-corrected chi connectivity index (χ4v) is 5.35. The van der Waals surface area contributed by atoms with Crippen LogP contribution in [0.4, 0.5) is 0 Å². The lowest BCUT2D eigenvalue weighted by molar-refractivity contribution is 0.00726. The molecule has 0 aromatic heterocycles. The van der Waals surface area contributed by atoms with Gasteiger partial charge in [-0.3, -0.25) is 0 Å². The number of rotatable bonds is 12. The number of hydrogen-bond donors (Lipinski definition) is 0. The lowest BCUT2D eigenvalue weighted by atomic mass is 9.70. The maximum Gasteiger partial charge on any atom is 0.0575 e. The van der Waals surface area contributed by atoms with Crippen molar-refractivity contribution < 1.29 is 4.74 Å². The largest absolute Gasteiger partial charge is 0.378 e. The monoisotopic (exact) mass is 350 g/mol. The van der Waals surface area contributed by atoms with Gasteiger partial charge in [0.2, 0.25) is 0 Å². The Labute approximate surface area is 158 Å². The van der Waals surface area contributed by atoms with Gasteiger partial charge in [0.15, 0.2) is 0 Å². The summed E-state index contributed by atoms with van der Waals surface area (Å²) in [4.78, 5) is 0. The topological polar surface area (TPSA) is 9.23 Å². The maximum absolute atomic E-state index is 5.97. The Morgan fingerprint density at radius 1 is 0.600 bits per heavy atom. The summed E-state index contributed by atoms with van der Waals surface area (Å²) in [6.45, 7) is 5.50. The SMILES string of the molecule is CCCCCCCCCC1CCC(C2CCC(OCCC)CC2)CC1. The highest BCUT2D eigenvalue weighted by Gasteiger charge is 2.30. The maximum atomic E-state index is 5.97. The predicted octanol–water partition coefficient (Wildman–Crippen LogP) is 7.92. The molecule has 0 bridgehead atoms. The zero-order valence-corrected chi connectivity index (χ0v) is 17.4. The molecular formula is C24H46O. The van der Waals surface area contributed by atoms with Crippen LogP contribution in [0.3, 0.4) is 0 Å². The van der Waals surface area contributed by atoms with Gasteiger partial charge >= 0.3 is 0 Å². The Hall–Kier alpha value is -0.0400. The minimum absolute atomic E-state index is 0.588. The van der Waals surface area contributed by atoms with E-state index in [4.69, 9.17) is 4.74 Å². The summed E-state index contributed by atoms with van der Waals surface area (Å²) >= 11 is 0. The first-order valence-electron chi connectivity index (χ1n) is 11.9. The van der Waals surface area contributed by atoms with E-state index in [1.807, 2.05) is 0 Å². The van der Waals surface area contributed by atoms with Crippen LogP contribution in [-0.4, -0.2) is 12.7 Å². The molecule has 0 heterocycles. The lowest BCUT2D eigenvalue weighted by Gasteiger charge is -2.37. The summed E-state index contributed by atoms with van der Waals surface area (Å²) in [7, 11) is 0. The summed E-state index contributed by atoms with van der Waals surface area (Å²) in [6.07, 6.45) is 25.2. The van der Waals surface area contributed by atoms with Gasteiger partial charge < -0.3 is 4.74 Å². The second-order valence-corrected chi connectivity index (χ2v) is 9.10. The van der Waals surface area contributed by atoms with Crippen LogP contribution in [-0.2, 0) is 4.74 Å². The molecule has 0 N–H and O–H groups in total. The Morgan fingerprint density at radius 3 is 1.76 bits per heavy atom. The smallest absolute Gasteiger partial charge is 0.0575 e. The minimum Gasteiger partial charge on any atom is -0.378 e. The molecule has 0 radical (unpaired) electrons. The van der Waals surface area contributed by atoms with E-state index >= 15 is 0 Å². The fourth-order valence-electron chi connectivity index (χ4n) is 5.35. The first-order valence-corrected chi connectivity index (χ1v) is 11.9. The molecule has 2 rings (SSSR count). The summed E-state index contributed by atoms with van der Waals surface area (Å²) < 4.78 is 5.97. The number of hydrogen-bond acceptors (Lipinski definition) is 1. The van der Waals surface area contributed by atoms with Gasteiger partial charge in [0, 0.05) is 6.61 Å². The van der Waals surface area contributed by atoms with Gasteiger partial charge in [0.05, 0.1) is 6.10 Å². The van der Waals surface area contributed by atoms with Gasteiger partial charge in [-0.2, -0.15) is 0 Å². The predicted molar refractivity (Wildman–Crippen MR) is 110 cm³/mol.